The van der Waals surface area contributed by atoms with Gasteiger partial charge in [-0.25, -0.2) is 4.79 Å². The van der Waals surface area contributed by atoms with Crippen LogP contribution in [0.3, 0.4) is 0 Å². The molecule has 0 aromatic carbocycles. The van der Waals surface area contributed by atoms with E-state index in [0.29, 0.717) is 19.5 Å². The van der Waals surface area contributed by atoms with Crippen molar-refractivity contribution < 1.29 is 19.8 Å². The second kappa shape index (κ2) is 6.58. The lowest BCUT2D eigenvalue weighted by Gasteiger charge is -2.37. The number of rotatable bonds is 7. The maximum Gasteiger partial charge on any atom is 0.314 e. The molecule has 0 saturated carbocycles. The van der Waals surface area contributed by atoms with E-state index in [0.717, 1.165) is 0 Å². The maximum atomic E-state index is 11.4. The first-order chi connectivity index (χ1) is 8.06. The Kier molecular flexibility index (Phi) is 6.11. The Morgan fingerprint density at radius 1 is 1.11 bits per heavy atom. The lowest BCUT2D eigenvalue weighted by Crippen LogP contribution is -2.49. The molecule has 6 heteroatoms. The Morgan fingerprint density at radius 2 is 1.67 bits per heavy atom. The minimum Gasteiger partial charge on any atom is -0.481 e. The zero-order valence-corrected chi connectivity index (χ0v) is 11.5. The van der Waals surface area contributed by atoms with Crippen LogP contribution in [0.5, 0.6) is 0 Å². The van der Waals surface area contributed by atoms with Crippen molar-refractivity contribution in [1.82, 2.24) is 10.6 Å². The van der Waals surface area contributed by atoms with Crippen molar-refractivity contribution in [3.05, 3.63) is 0 Å². The number of carboxylic acids is 1. The maximum absolute atomic E-state index is 11.4. The summed E-state index contributed by atoms with van der Waals surface area (Å²) in [6.45, 7) is 7.76. The summed E-state index contributed by atoms with van der Waals surface area (Å²) in [5.74, 6) is -0.875. The predicted octanol–water partition coefficient (Wildman–Crippen LogP) is 0.947. The molecule has 0 aliphatic carbocycles. The molecular weight excluding hydrogens is 236 g/mol. The minimum atomic E-state index is -0.899. The number of carbonyl (C=O) groups excluding carboxylic acids is 1. The molecule has 0 aliphatic rings. The summed E-state index contributed by atoms with van der Waals surface area (Å²) in [4.78, 5) is 21.7. The minimum absolute atomic E-state index is 0.0371. The molecule has 0 aliphatic heterocycles. The van der Waals surface area contributed by atoms with Gasteiger partial charge in [0.25, 0.3) is 0 Å². The molecule has 6 nitrogen and oxygen atoms in total. The smallest absolute Gasteiger partial charge is 0.314 e. The van der Waals surface area contributed by atoms with Gasteiger partial charge in [-0.2, -0.15) is 0 Å². The fourth-order valence-corrected chi connectivity index (χ4v) is 1.02. The number of aliphatic carboxylic acids is 1. The Labute approximate surface area is 108 Å². The molecular formula is C12H24N2O4. The van der Waals surface area contributed by atoms with Crippen molar-refractivity contribution in [3.8, 4) is 0 Å². The van der Waals surface area contributed by atoms with E-state index >= 15 is 0 Å². The summed E-state index contributed by atoms with van der Waals surface area (Å²) >= 11 is 0. The molecule has 0 unspecified atom stereocenters. The predicted molar refractivity (Wildman–Crippen MR) is 68.4 cm³/mol. The number of urea groups is 1. The first-order valence-corrected chi connectivity index (χ1v) is 6.02. The lowest BCUT2D eigenvalue weighted by atomic mass is 9.77. The molecule has 0 aromatic heterocycles. The van der Waals surface area contributed by atoms with Crippen LogP contribution in [0.15, 0.2) is 0 Å². The highest BCUT2D eigenvalue weighted by Crippen LogP contribution is 2.29. The van der Waals surface area contributed by atoms with Crippen LogP contribution in [0, 0.1) is 5.41 Å². The molecule has 0 rings (SSSR count). The van der Waals surface area contributed by atoms with E-state index in [1.807, 2.05) is 13.8 Å². The molecule has 0 fully saturated rings. The first-order valence-electron chi connectivity index (χ1n) is 6.02. The topological polar surface area (TPSA) is 98.7 Å². The van der Waals surface area contributed by atoms with Gasteiger partial charge in [0.05, 0.1) is 5.60 Å². The third kappa shape index (κ3) is 6.44. The molecule has 4 N–H and O–H groups in total. The molecule has 0 spiro atoms. The fraction of sp³-hybridized carbons (Fsp3) is 0.833. The number of hydrogen-bond acceptors (Lipinski definition) is 3. The number of aliphatic hydroxyl groups is 1. The van der Waals surface area contributed by atoms with Crippen molar-refractivity contribution >= 4 is 12.0 Å². The highest BCUT2D eigenvalue weighted by atomic mass is 16.4. The number of carboxylic acid groups (broad SMARTS) is 1. The second-order valence-electron chi connectivity index (χ2n) is 5.55. The molecule has 0 aromatic rings. The van der Waals surface area contributed by atoms with E-state index in [9.17, 15) is 14.7 Å². The van der Waals surface area contributed by atoms with Crippen LogP contribution in [-0.2, 0) is 4.79 Å². The van der Waals surface area contributed by atoms with Gasteiger partial charge in [-0.05, 0) is 20.3 Å². The van der Waals surface area contributed by atoms with Crippen LogP contribution in [0.1, 0.15) is 40.5 Å². The normalized spacial score (nSPS) is 12.1. The quantitative estimate of drug-likeness (QED) is 0.512. The molecule has 18 heavy (non-hydrogen) atoms. The van der Waals surface area contributed by atoms with Crippen LogP contribution in [0.4, 0.5) is 4.79 Å². The fourth-order valence-electron chi connectivity index (χ4n) is 1.02. The van der Waals surface area contributed by atoms with Crippen molar-refractivity contribution in [1.29, 1.82) is 0 Å². The van der Waals surface area contributed by atoms with E-state index in [2.05, 4.69) is 10.6 Å². The zero-order valence-electron chi connectivity index (χ0n) is 11.5. The third-order valence-corrected chi connectivity index (χ3v) is 3.20. The third-order valence-electron chi connectivity index (χ3n) is 3.20. The van der Waals surface area contributed by atoms with Crippen LogP contribution >= 0.6 is 0 Å². The van der Waals surface area contributed by atoms with Crippen LogP contribution < -0.4 is 10.6 Å². The molecule has 0 bridgehead atoms. The van der Waals surface area contributed by atoms with Gasteiger partial charge in [-0.15, -0.1) is 0 Å². The Morgan fingerprint density at radius 3 is 2.11 bits per heavy atom. The largest absolute Gasteiger partial charge is 0.481 e. The molecule has 106 valence electrons. The van der Waals surface area contributed by atoms with Gasteiger partial charge >= 0.3 is 12.0 Å². The summed E-state index contributed by atoms with van der Waals surface area (Å²) < 4.78 is 0. The average Bonchev–Trinajstić information content (AvgIpc) is 2.19. The van der Waals surface area contributed by atoms with Crippen molar-refractivity contribution in [3.63, 3.8) is 0 Å². The van der Waals surface area contributed by atoms with Crippen molar-refractivity contribution in [2.45, 2.75) is 46.1 Å². The number of nitrogens with one attached hydrogen (secondary N) is 2. The monoisotopic (exact) mass is 260 g/mol. The van der Waals surface area contributed by atoms with E-state index in [4.69, 9.17) is 5.11 Å². The van der Waals surface area contributed by atoms with Gasteiger partial charge in [0.1, 0.15) is 0 Å². The zero-order chi connectivity index (χ0) is 14.4. The molecule has 0 radical (unpaired) electrons. The van der Waals surface area contributed by atoms with Crippen molar-refractivity contribution in [2.24, 2.45) is 5.41 Å². The van der Waals surface area contributed by atoms with Gasteiger partial charge in [0, 0.05) is 24.9 Å². The number of carbonyl (C=O) groups is 2. The summed E-state index contributed by atoms with van der Waals surface area (Å²) in [7, 11) is 0. The lowest BCUT2D eigenvalue weighted by molar-refractivity contribution is -0.137. The Balaban J connectivity index is 3.87. The average molecular weight is 260 g/mol. The molecule has 2 amide bonds. The highest BCUT2D eigenvalue weighted by Gasteiger charge is 2.35. The van der Waals surface area contributed by atoms with Crippen LogP contribution in [0.2, 0.25) is 0 Å². The van der Waals surface area contributed by atoms with E-state index in [1.165, 1.54) is 0 Å². The Hall–Kier alpha value is -1.30. The van der Waals surface area contributed by atoms with Gasteiger partial charge < -0.3 is 20.8 Å². The van der Waals surface area contributed by atoms with E-state index in [-0.39, 0.29) is 12.5 Å². The molecule has 0 atom stereocenters. The molecule has 0 saturated heterocycles. The summed E-state index contributed by atoms with van der Waals surface area (Å²) in [6, 6.07) is -0.349. The molecule has 0 heterocycles. The van der Waals surface area contributed by atoms with E-state index < -0.39 is 17.0 Å². The standard InChI is InChI=1S/C12H24N2O4/c1-11(2,12(3,4)18)8-14-10(17)13-7-5-6-9(15)16/h18H,5-8H2,1-4H3,(H,15,16)(H2,13,14,17). The Bertz CT molecular complexity index is 295. The summed E-state index contributed by atoms with van der Waals surface area (Å²) in [5.41, 5.74) is -1.35. The SMILES string of the molecule is CC(C)(O)C(C)(C)CNC(=O)NCCCC(=O)O. The van der Waals surface area contributed by atoms with Crippen molar-refractivity contribution in [2.75, 3.05) is 13.1 Å². The van der Waals surface area contributed by atoms with E-state index in [1.54, 1.807) is 13.8 Å². The van der Waals surface area contributed by atoms with Crippen LogP contribution in [-0.4, -0.2) is 40.9 Å². The highest BCUT2D eigenvalue weighted by molar-refractivity contribution is 5.74. The summed E-state index contributed by atoms with van der Waals surface area (Å²) in [6.07, 6.45) is 0.438. The van der Waals surface area contributed by atoms with Crippen LogP contribution in [0.25, 0.3) is 0 Å². The summed E-state index contributed by atoms with van der Waals surface area (Å²) in [5, 5.41) is 23.5. The van der Waals surface area contributed by atoms with Gasteiger partial charge in [0.15, 0.2) is 0 Å². The van der Waals surface area contributed by atoms with Gasteiger partial charge in [-0.3, -0.25) is 4.79 Å². The van der Waals surface area contributed by atoms with Gasteiger partial charge in [-0.1, -0.05) is 13.8 Å². The van der Waals surface area contributed by atoms with Gasteiger partial charge in [0.2, 0.25) is 0 Å². The number of hydrogen-bond donors (Lipinski definition) is 4. The first kappa shape index (κ1) is 16.7. The number of amides is 2. The second-order valence-corrected chi connectivity index (χ2v) is 5.55.